The van der Waals surface area contributed by atoms with Crippen molar-refractivity contribution in [2.75, 3.05) is 0 Å². The van der Waals surface area contributed by atoms with E-state index in [4.69, 9.17) is 0 Å². The minimum absolute atomic E-state index is 0.149. The molecule has 1 heterocycles. The van der Waals surface area contributed by atoms with Crippen molar-refractivity contribution in [2.24, 2.45) is 0 Å². The molecule has 1 atom stereocenters. The number of benzene rings is 2. The summed E-state index contributed by atoms with van der Waals surface area (Å²) in [6, 6.07) is 15.2. The molecule has 1 amide bonds. The molecule has 0 fully saturated rings. The van der Waals surface area contributed by atoms with E-state index in [1.165, 1.54) is 12.1 Å². The number of amides is 1. The maximum Gasteiger partial charge on any atom is 0.253 e. The highest BCUT2D eigenvalue weighted by molar-refractivity contribution is 5.84. The van der Waals surface area contributed by atoms with Gasteiger partial charge in [-0.3, -0.25) is 9.59 Å². The molecule has 0 spiro atoms. The predicted molar refractivity (Wildman–Crippen MR) is 95.8 cm³/mol. The van der Waals surface area contributed by atoms with Crippen molar-refractivity contribution < 1.29 is 9.18 Å². The van der Waals surface area contributed by atoms with Gasteiger partial charge in [0.05, 0.1) is 5.92 Å². The molecule has 0 bridgehead atoms. The van der Waals surface area contributed by atoms with E-state index in [1.807, 2.05) is 31.2 Å². The first kappa shape index (κ1) is 16.9. The lowest BCUT2D eigenvalue weighted by molar-refractivity contribution is -0.122. The van der Waals surface area contributed by atoms with Crippen LogP contribution in [0.5, 0.6) is 0 Å². The van der Waals surface area contributed by atoms with Gasteiger partial charge in [0, 0.05) is 17.6 Å². The van der Waals surface area contributed by atoms with E-state index in [0.29, 0.717) is 12.0 Å². The number of rotatable bonds is 5. The van der Waals surface area contributed by atoms with Gasteiger partial charge in [-0.15, -0.1) is 0 Å². The van der Waals surface area contributed by atoms with Gasteiger partial charge < -0.3 is 10.3 Å². The Morgan fingerprint density at radius 2 is 1.88 bits per heavy atom. The van der Waals surface area contributed by atoms with Gasteiger partial charge in [-0.05, 0) is 41.6 Å². The second-order valence-electron chi connectivity index (χ2n) is 5.94. The van der Waals surface area contributed by atoms with Crippen molar-refractivity contribution >= 4 is 16.8 Å². The Bertz CT molecular complexity index is 948. The van der Waals surface area contributed by atoms with E-state index in [2.05, 4.69) is 10.3 Å². The van der Waals surface area contributed by atoms with Crippen LogP contribution in [0.4, 0.5) is 4.39 Å². The number of aromatic nitrogens is 1. The zero-order valence-corrected chi connectivity index (χ0v) is 13.9. The van der Waals surface area contributed by atoms with Crippen LogP contribution in [-0.4, -0.2) is 10.9 Å². The quantitative estimate of drug-likeness (QED) is 0.748. The molecule has 4 nitrogen and oxygen atoms in total. The molecule has 0 aliphatic heterocycles. The second kappa shape index (κ2) is 7.30. The zero-order chi connectivity index (χ0) is 17.8. The number of hydrogen-bond acceptors (Lipinski definition) is 2. The lowest BCUT2D eigenvalue weighted by Crippen LogP contribution is -2.31. The van der Waals surface area contributed by atoms with Crippen LogP contribution in [0.3, 0.4) is 0 Å². The molecule has 0 aliphatic rings. The van der Waals surface area contributed by atoms with Gasteiger partial charge in [-0.1, -0.05) is 37.3 Å². The van der Waals surface area contributed by atoms with Crippen LogP contribution in [0.2, 0.25) is 0 Å². The molecule has 0 saturated carbocycles. The molecular formula is C20H19FN2O2. The van der Waals surface area contributed by atoms with Crippen molar-refractivity contribution in [1.82, 2.24) is 10.3 Å². The number of fused-ring (bicyclic) bond motifs is 1. The summed E-state index contributed by atoms with van der Waals surface area (Å²) in [5, 5.41) is 3.73. The molecule has 5 heteroatoms. The largest absolute Gasteiger partial charge is 0.351 e. The van der Waals surface area contributed by atoms with Gasteiger partial charge in [0.15, 0.2) is 0 Å². The van der Waals surface area contributed by atoms with Gasteiger partial charge in [-0.2, -0.15) is 0 Å². The number of H-pyrrole nitrogens is 1. The Morgan fingerprint density at radius 1 is 1.16 bits per heavy atom. The summed E-state index contributed by atoms with van der Waals surface area (Å²) in [6.07, 6.45) is 0.589. The number of halogens is 1. The Labute approximate surface area is 144 Å². The minimum atomic E-state index is -0.375. The number of para-hydroxylation sites is 1. The van der Waals surface area contributed by atoms with E-state index in [-0.39, 0.29) is 29.7 Å². The Kier molecular flexibility index (Phi) is 4.93. The monoisotopic (exact) mass is 338 g/mol. The molecule has 128 valence electrons. The van der Waals surface area contributed by atoms with Gasteiger partial charge in [-0.25, -0.2) is 4.39 Å². The number of aromatic amines is 1. The topological polar surface area (TPSA) is 62.0 Å². The molecule has 3 aromatic rings. The smallest absolute Gasteiger partial charge is 0.253 e. The highest BCUT2D eigenvalue weighted by Crippen LogP contribution is 2.20. The van der Waals surface area contributed by atoms with E-state index >= 15 is 0 Å². The molecule has 3 rings (SSSR count). The fourth-order valence-electron chi connectivity index (χ4n) is 2.90. The molecule has 0 radical (unpaired) electrons. The maximum absolute atomic E-state index is 13.1. The standard InChI is InChI=1S/C20H19FN2O2/c1-2-17(13-7-9-16(21)10-8-13)20(25)22-12-15-11-14-5-3-4-6-18(14)23-19(15)24/h3-11,17H,2,12H2,1H3,(H,22,25)(H,23,24). The summed E-state index contributed by atoms with van der Waals surface area (Å²) < 4.78 is 13.1. The lowest BCUT2D eigenvalue weighted by Gasteiger charge is -2.15. The summed E-state index contributed by atoms with van der Waals surface area (Å²) in [7, 11) is 0. The first-order valence-corrected chi connectivity index (χ1v) is 8.22. The molecule has 1 aromatic heterocycles. The highest BCUT2D eigenvalue weighted by atomic mass is 19.1. The SMILES string of the molecule is CCC(C(=O)NCc1cc2ccccc2[nH]c1=O)c1ccc(F)cc1. The number of carbonyl (C=O) groups excluding carboxylic acids is 1. The van der Waals surface area contributed by atoms with E-state index in [0.717, 1.165) is 16.5 Å². The third kappa shape index (κ3) is 3.76. The van der Waals surface area contributed by atoms with Gasteiger partial charge in [0.1, 0.15) is 5.82 Å². The Balaban J connectivity index is 1.76. The average Bonchev–Trinajstić information content (AvgIpc) is 2.62. The van der Waals surface area contributed by atoms with Gasteiger partial charge in [0.2, 0.25) is 5.91 Å². The van der Waals surface area contributed by atoms with E-state index in [9.17, 15) is 14.0 Å². The number of hydrogen-bond donors (Lipinski definition) is 2. The highest BCUT2D eigenvalue weighted by Gasteiger charge is 2.18. The summed E-state index contributed by atoms with van der Waals surface area (Å²) >= 11 is 0. The predicted octanol–water partition coefficient (Wildman–Crippen LogP) is 3.48. The zero-order valence-electron chi connectivity index (χ0n) is 13.9. The molecule has 0 saturated heterocycles. The van der Waals surface area contributed by atoms with E-state index < -0.39 is 0 Å². The van der Waals surface area contributed by atoms with E-state index in [1.54, 1.807) is 18.2 Å². The van der Waals surface area contributed by atoms with Crippen molar-refractivity contribution in [3.8, 4) is 0 Å². The number of carbonyl (C=O) groups is 1. The molecule has 1 unspecified atom stereocenters. The van der Waals surface area contributed by atoms with Crippen LogP contribution in [-0.2, 0) is 11.3 Å². The average molecular weight is 338 g/mol. The minimum Gasteiger partial charge on any atom is -0.351 e. The van der Waals surface area contributed by atoms with Crippen molar-refractivity contribution in [3.63, 3.8) is 0 Å². The van der Waals surface area contributed by atoms with Crippen molar-refractivity contribution in [3.05, 3.63) is 81.9 Å². The van der Waals surface area contributed by atoms with Crippen LogP contribution in [0.25, 0.3) is 10.9 Å². The summed E-state index contributed by atoms with van der Waals surface area (Å²) in [5.41, 5.74) is 1.81. The first-order valence-electron chi connectivity index (χ1n) is 8.22. The van der Waals surface area contributed by atoms with Crippen LogP contribution in [0.15, 0.2) is 59.4 Å². The third-order valence-corrected chi connectivity index (χ3v) is 4.28. The van der Waals surface area contributed by atoms with Gasteiger partial charge >= 0.3 is 0 Å². The molecule has 2 N–H and O–H groups in total. The third-order valence-electron chi connectivity index (χ3n) is 4.28. The van der Waals surface area contributed by atoms with Gasteiger partial charge in [0.25, 0.3) is 5.56 Å². The Morgan fingerprint density at radius 3 is 2.60 bits per heavy atom. The summed E-state index contributed by atoms with van der Waals surface area (Å²) in [4.78, 5) is 27.4. The van der Waals surface area contributed by atoms with Crippen molar-refractivity contribution in [1.29, 1.82) is 0 Å². The molecular weight excluding hydrogens is 319 g/mol. The van der Waals surface area contributed by atoms with Crippen LogP contribution < -0.4 is 10.9 Å². The van der Waals surface area contributed by atoms with Crippen molar-refractivity contribution in [2.45, 2.75) is 25.8 Å². The maximum atomic E-state index is 13.1. The fourth-order valence-corrected chi connectivity index (χ4v) is 2.90. The first-order chi connectivity index (χ1) is 12.1. The number of pyridine rings is 1. The lowest BCUT2D eigenvalue weighted by atomic mass is 9.95. The Hall–Kier alpha value is -2.95. The van der Waals surface area contributed by atoms with Crippen LogP contribution in [0, 0.1) is 5.82 Å². The van der Waals surface area contributed by atoms with Crippen LogP contribution in [0.1, 0.15) is 30.4 Å². The molecule has 0 aliphatic carbocycles. The number of nitrogens with one attached hydrogen (secondary N) is 2. The summed E-state index contributed by atoms with van der Waals surface area (Å²) in [5.74, 6) is -0.886. The summed E-state index contributed by atoms with van der Waals surface area (Å²) in [6.45, 7) is 2.05. The molecule has 2 aromatic carbocycles. The van der Waals surface area contributed by atoms with Crippen LogP contribution >= 0.6 is 0 Å². The fraction of sp³-hybridized carbons (Fsp3) is 0.200. The molecule has 25 heavy (non-hydrogen) atoms. The second-order valence-corrected chi connectivity index (χ2v) is 5.94. The normalized spacial score (nSPS) is 12.1.